The normalized spacial score (nSPS) is 13.7. The molecule has 1 saturated heterocycles. The van der Waals surface area contributed by atoms with Crippen LogP contribution in [-0.4, -0.2) is 42.5 Å². The van der Waals surface area contributed by atoms with Gasteiger partial charge in [-0.25, -0.2) is 4.79 Å². The molecule has 0 aliphatic carbocycles. The molecule has 2 N–H and O–H groups in total. The first-order valence-electron chi connectivity index (χ1n) is 10.0. The highest BCUT2D eigenvalue weighted by atomic mass is 16.5. The first-order valence-corrected chi connectivity index (χ1v) is 10.0. The van der Waals surface area contributed by atoms with Gasteiger partial charge < -0.3 is 20.3 Å². The van der Waals surface area contributed by atoms with Gasteiger partial charge in [-0.05, 0) is 55.3 Å². The third-order valence-electron chi connectivity index (χ3n) is 5.07. The van der Waals surface area contributed by atoms with Crippen molar-refractivity contribution in [2.75, 3.05) is 41.8 Å². The van der Waals surface area contributed by atoms with Crippen LogP contribution in [0.2, 0.25) is 0 Å². The summed E-state index contributed by atoms with van der Waals surface area (Å²) < 4.78 is 5.37. The van der Waals surface area contributed by atoms with E-state index < -0.39 is 0 Å². The second-order valence-corrected chi connectivity index (χ2v) is 7.35. The number of amides is 2. The third kappa shape index (κ3) is 4.75. The van der Waals surface area contributed by atoms with Crippen LogP contribution in [0, 0.1) is 13.8 Å². The number of nitrogens with zero attached hydrogens (tertiary/aromatic N) is 3. The Morgan fingerprint density at radius 1 is 0.933 bits per heavy atom. The summed E-state index contributed by atoms with van der Waals surface area (Å²) >= 11 is 0. The number of hydrogen-bond acceptors (Lipinski definition) is 5. The lowest BCUT2D eigenvalue weighted by molar-refractivity contribution is 0.122. The molecule has 2 aromatic carbocycles. The van der Waals surface area contributed by atoms with Gasteiger partial charge in [0.05, 0.1) is 18.9 Å². The molecule has 1 aromatic heterocycles. The fourth-order valence-electron chi connectivity index (χ4n) is 3.32. The fourth-order valence-corrected chi connectivity index (χ4v) is 3.32. The molecule has 1 aliphatic heterocycles. The number of hydrogen-bond donors (Lipinski definition) is 2. The van der Waals surface area contributed by atoms with Crippen molar-refractivity contribution in [3.63, 3.8) is 0 Å². The van der Waals surface area contributed by atoms with Crippen LogP contribution in [-0.2, 0) is 4.74 Å². The maximum atomic E-state index is 12.3. The highest BCUT2D eigenvalue weighted by Gasteiger charge is 2.13. The van der Waals surface area contributed by atoms with Crippen molar-refractivity contribution in [2.24, 2.45) is 0 Å². The molecule has 0 bridgehead atoms. The summed E-state index contributed by atoms with van der Waals surface area (Å²) in [5.41, 5.74) is 5.36. The van der Waals surface area contributed by atoms with Crippen LogP contribution in [0.15, 0.2) is 54.6 Å². The van der Waals surface area contributed by atoms with E-state index in [-0.39, 0.29) is 6.03 Å². The van der Waals surface area contributed by atoms with E-state index in [0.717, 1.165) is 60.2 Å². The largest absolute Gasteiger partial charge is 0.378 e. The molecular weight excluding hydrogens is 378 g/mol. The summed E-state index contributed by atoms with van der Waals surface area (Å²) in [4.78, 5) is 14.5. The van der Waals surface area contributed by atoms with Gasteiger partial charge in [0.2, 0.25) is 0 Å². The molecule has 4 rings (SSSR count). The second-order valence-electron chi connectivity index (χ2n) is 7.35. The lowest BCUT2D eigenvalue weighted by Crippen LogP contribution is -2.36. The maximum Gasteiger partial charge on any atom is 0.323 e. The molecule has 7 heteroatoms. The maximum absolute atomic E-state index is 12.3. The Hall–Kier alpha value is -3.45. The zero-order chi connectivity index (χ0) is 20.9. The van der Waals surface area contributed by atoms with E-state index in [2.05, 4.69) is 25.7 Å². The summed E-state index contributed by atoms with van der Waals surface area (Å²) in [7, 11) is 0. The molecule has 0 saturated carbocycles. The molecule has 0 spiro atoms. The predicted molar refractivity (Wildman–Crippen MR) is 119 cm³/mol. The lowest BCUT2D eigenvalue weighted by Gasteiger charge is -2.27. The molecular formula is C23H25N5O2. The zero-order valence-electron chi connectivity index (χ0n) is 17.2. The van der Waals surface area contributed by atoms with Crippen LogP contribution in [0.5, 0.6) is 0 Å². The Bertz CT molecular complexity index is 1010. The topological polar surface area (TPSA) is 79.4 Å². The quantitative estimate of drug-likeness (QED) is 0.681. The van der Waals surface area contributed by atoms with Gasteiger partial charge in [0.25, 0.3) is 0 Å². The Morgan fingerprint density at radius 3 is 2.40 bits per heavy atom. The van der Waals surface area contributed by atoms with Crippen LogP contribution in [0.3, 0.4) is 0 Å². The van der Waals surface area contributed by atoms with E-state index in [4.69, 9.17) is 4.74 Å². The van der Waals surface area contributed by atoms with E-state index in [0.29, 0.717) is 5.69 Å². The molecule has 7 nitrogen and oxygen atoms in total. The molecule has 0 atom stereocenters. The van der Waals surface area contributed by atoms with Crippen molar-refractivity contribution in [2.45, 2.75) is 13.8 Å². The highest BCUT2D eigenvalue weighted by Crippen LogP contribution is 2.22. The minimum Gasteiger partial charge on any atom is -0.378 e. The number of carbonyl (C=O) groups is 1. The molecule has 2 heterocycles. The number of benzene rings is 2. The summed E-state index contributed by atoms with van der Waals surface area (Å²) in [6.07, 6.45) is 0. The van der Waals surface area contributed by atoms with Gasteiger partial charge in [0.1, 0.15) is 0 Å². The van der Waals surface area contributed by atoms with Crippen molar-refractivity contribution >= 4 is 23.2 Å². The van der Waals surface area contributed by atoms with E-state index in [1.165, 1.54) is 0 Å². The van der Waals surface area contributed by atoms with Crippen LogP contribution in [0.4, 0.5) is 22.0 Å². The number of anilines is 3. The highest BCUT2D eigenvalue weighted by molar-refractivity contribution is 6.00. The second kappa shape index (κ2) is 8.92. The van der Waals surface area contributed by atoms with E-state index in [9.17, 15) is 4.79 Å². The van der Waals surface area contributed by atoms with Crippen molar-refractivity contribution in [1.82, 2.24) is 10.2 Å². The zero-order valence-corrected chi connectivity index (χ0v) is 17.2. The number of aryl methyl sites for hydroxylation is 2. The summed E-state index contributed by atoms with van der Waals surface area (Å²) in [5, 5.41) is 14.5. The van der Waals surface area contributed by atoms with Gasteiger partial charge >= 0.3 is 6.03 Å². The standard InChI is InChI=1S/C23H25N5O2/c1-16-3-4-17(2)21(15-16)25-23(29)24-19-7-5-18(6-8-19)20-9-10-22(27-26-20)28-11-13-30-14-12-28/h3-10,15H,11-14H2,1-2H3,(H2,24,25,29). The number of morpholine rings is 1. The minimum absolute atomic E-state index is 0.272. The number of ether oxygens (including phenoxy) is 1. The third-order valence-corrected chi connectivity index (χ3v) is 5.07. The molecule has 0 radical (unpaired) electrons. The fraction of sp³-hybridized carbons (Fsp3) is 0.261. The number of aromatic nitrogens is 2. The Kier molecular flexibility index (Phi) is 5.90. The summed E-state index contributed by atoms with van der Waals surface area (Å²) in [6.45, 7) is 7.06. The number of urea groups is 1. The van der Waals surface area contributed by atoms with Crippen molar-refractivity contribution in [3.8, 4) is 11.3 Å². The van der Waals surface area contributed by atoms with Gasteiger partial charge in [-0.2, -0.15) is 0 Å². The van der Waals surface area contributed by atoms with Crippen LogP contribution < -0.4 is 15.5 Å². The smallest absolute Gasteiger partial charge is 0.323 e. The van der Waals surface area contributed by atoms with Crippen LogP contribution in [0.25, 0.3) is 11.3 Å². The monoisotopic (exact) mass is 403 g/mol. The lowest BCUT2D eigenvalue weighted by atomic mass is 10.1. The Morgan fingerprint density at radius 2 is 1.70 bits per heavy atom. The van der Waals surface area contributed by atoms with Crippen molar-refractivity contribution < 1.29 is 9.53 Å². The first kappa shape index (κ1) is 19.8. The van der Waals surface area contributed by atoms with Gasteiger partial charge in [-0.15, -0.1) is 10.2 Å². The number of carbonyl (C=O) groups excluding carboxylic acids is 1. The van der Waals surface area contributed by atoms with Gasteiger partial charge in [0.15, 0.2) is 5.82 Å². The molecule has 0 unspecified atom stereocenters. The van der Waals surface area contributed by atoms with Crippen LogP contribution in [0.1, 0.15) is 11.1 Å². The Balaban J connectivity index is 1.39. The summed E-state index contributed by atoms with van der Waals surface area (Å²) in [5.74, 6) is 0.864. The predicted octanol–water partition coefficient (Wildman–Crippen LogP) is 4.24. The average molecular weight is 403 g/mol. The van der Waals surface area contributed by atoms with Gasteiger partial charge in [-0.1, -0.05) is 24.3 Å². The van der Waals surface area contributed by atoms with Gasteiger partial charge in [-0.3, -0.25) is 0 Å². The van der Waals surface area contributed by atoms with Crippen molar-refractivity contribution in [3.05, 3.63) is 65.7 Å². The van der Waals surface area contributed by atoms with E-state index in [1.54, 1.807) is 0 Å². The number of rotatable bonds is 4. The molecule has 2 amide bonds. The number of nitrogens with one attached hydrogen (secondary N) is 2. The van der Waals surface area contributed by atoms with E-state index in [1.807, 2.05) is 68.4 Å². The average Bonchev–Trinajstić information content (AvgIpc) is 2.77. The summed E-state index contributed by atoms with van der Waals surface area (Å²) in [6, 6.07) is 17.2. The molecule has 30 heavy (non-hydrogen) atoms. The Labute approximate surface area is 176 Å². The van der Waals surface area contributed by atoms with Gasteiger partial charge in [0, 0.05) is 30.0 Å². The van der Waals surface area contributed by atoms with Crippen molar-refractivity contribution in [1.29, 1.82) is 0 Å². The SMILES string of the molecule is Cc1ccc(C)c(NC(=O)Nc2ccc(-c3ccc(N4CCOCC4)nn3)cc2)c1. The molecule has 1 aliphatic rings. The molecule has 154 valence electrons. The first-order chi connectivity index (χ1) is 14.6. The molecule has 3 aromatic rings. The van der Waals surface area contributed by atoms with E-state index >= 15 is 0 Å². The van der Waals surface area contributed by atoms with Crippen LogP contribution >= 0.6 is 0 Å². The minimum atomic E-state index is -0.272. The molecule has 1 fully saturated rings.